The Hall–Kier alpha value is -3.14. The van der Waals surface area contributed by atoms with E-state index in [2.05, 4.69) is 16.0 Å². The Morgan fingerprint density at radius 1 is 0.491 bits per heavy atom. The number of rotatable bonds is 38. The molecular weight excluding hydrogens is 690 g/mol. The molecule has 0 aromatic heterocycles. The number of hydrogen-bond donors (Lipinski definition) is 5. The molecule has 0 aromatic rings. The van der Waals surface area contributed by atoms with Gasteiger partial charge < -0.3 is 49.9 Å². The molecular formula is C38H71N3O12. The molecule has 0 unspecified atom stereocenters. The van der Waals surface area contributed by atoms with Gasteiger partial charge in [0, 0.05) is 32.4 Å². The third kappa shape index (κ3) is 41.5. The zero-order valence-electron chi connectivity index (χ0n) is 32.9. The first kappa shape index (κ1) is 52.0. The van der Waals surface area contributed by atoms with Crippen molar-refractivity contribution in [1.29, 1.82) is 0 Å². The molecule has 0 aliphatic carbocycles. The fraction of sp³-hybridized carbons (Fsp3) is 0.842. The summed E-state index contributed by atoms with van der Waals surface area (Å²) < 4.78 is 21.2. The lowest BCUT2D eigenvalue weighted by atomic mass is 10.0. The fourth-order valence-electron chi connectivity index (χ4n) is 4.96. The van der Waals surface area contributed by atoms with Crippen LogP contribution in [0.3, 0.4) is 0 Å². The van der Waals surface area contributed by atoms with E-state index >= 15 is 0 Å². The van der Waals surface area contributed by atoms with E-state index in [0.29, 0.717) is 26.2 Å². The maximum Gasteiger partial charge on any atom is 0.326 e. The van der Waals surface area contributed by atoms with Crippen molar-refractivity contribution >= 4 is 35.4 Å². The molecule has 0 aliphatic heterocycles. The normalized spacial score (nSPS) is 11.2. The number of unbranched alkanes of at least 4 members (excludes halogenated alkanes) is 13. The standard InChI is InChI=1S/C36H65N3O12.C2H6/c1-30(40)18-19-31(36(46)47)39-34(43)29-51-27-25-49-23-21-38-33(42)28-50-26-24-48-22-20-37-32(41)16-14-12-10-8-6-4-2-3-5-7-9-11-13-15-17-35(44)45;1-2/h31H,2-29H2,1H3,(H,37,41)(H,38,42)(H,39,43)(H,44,45)(H,46,47);1-2H3/t31-;/m0./s1. The number of amides is 3. The van der Waals surface area contributed by atoms with Crippen molar-refractivity contribution in [3.63, 3.8) is 0 Å². The highest BCUT2D eigenvalue weighted by atomic mass is 16.5. The lowest BCUT2D eigenvalue weighted by Crippen LogP contribution is -2.42. The number of carboxylic acids is 2. The van der Waals surface area contributed by atoms with Crippen molar-refractivity contribution in [2.24, 2.45) is 0 Å². The van der Waals surface area contributed by atoms with Gasteiger partial charge in [-0.25, -0.2) is 4.79 Å². The molecule has 3 amide bonds. The summed E-state index contributed by atoms with van der Waals surface area (Å²) in [4.78, 5) is 68.3. The largest absolute Gasteiger partial charge is 0.481 e. The Bertz CT molecular complexity index is 951. The number of hydrogen-bond acceptors (Lipinski definition) is 10. The number of Topliss-reactive ketones (excluding diaryl/α,β-unsaturated/α-hetero) is 1. The molecule has 1 atom stereocenters. The molecule has 0 radical (unpaired) electrons. The van der Waals surface area contributed by atoms with Gasteiger partial charge in [-0.1, -0.05) is 90.9 Å². The topological polar surface area (TPSA) is 216 Å². The van der Waals surface area contributed by atoms with Gasteiger partial charge in [0.15, 0.2) is 0 Å². The summed E-state index contributed by atoms with van der Waals surface area (Å²) in [6.45, 7) is 6.99. The third-order valence-electron chi connectivity index (χ3n) is 7.81. The van der Waals surface area contributed by atoms with Gasteiger partial charge in [-0.2, -0.15) is 0 Å². The van der Waals surface area contributed by atoms with Crippen LogP contribution in [0.2, 0.25) is 0 Å². The molecule has 5 N–H and O–H groups in total. The van der Waals surface area contributed by atoms with Crippen molar-refractivity contribution in [1.82, 2.24) is 16.0 Å². The first-order chi connectivity index (χ1) is 25.6. The molecule has 15 nitrogen and oxygen atoms in total. The summed E-state index contributed by atoms with van der Waals surface area (Å²) in [7, 11) is 0. The van der Waals surface area contributed by atoms with Gasteiger partial charge in [0.25, 0.3) is 0 Å². The van der Waals surface area contributed by atoms with Crippen molar-refractivity contribution in [2.75, 3.05) is 65.9 Å². The molecule has 0 spiro atoms. The van der Waals surface area contributed by atoms with Crippen LogP contribution in [0.1, 0.15) is 136 Å². The van der Waals surface area contributed by atoms with Gasteiger partial charge in [0.2, 0.25) is 17.7 Å². The third-order valence-corrected chi connectivity index (χ3v) is 7.81. The van der Waals surface area contributed by atoms with E-state index in [1.165, 1.54) is 58.3 Å². The fourth-order valence-corrected chi connectivity index (χ4v) is 4.96. The minimum absolute atomic E-state index is 0.0124. The molecule has 0 saturated heterocycles. The van der Waals surface area contributed by atoms with Gasteiger partial charge in [0.1, 0.15) is 25.0 Å². The van der Waals surface area contributed by atoms with Crippen LogP contribution in [0, 0.1) is 0 Å². The average Bonchev–Trinajstić information content (AvgIpc) is 3.12. The maximum absolute atomic E-state index is 12.0. The Morgan fingerprint density at radius 3 is 1.32 bits per heavy atom. The lowest BCUT2D eigenvalue weighted by Gasteiger charge is -2.14. The minimum Gasteiger partial charge on any atom is -0.481 e. The Labute approximate surface area is 317 Å². The van der Waals surface area contributed by atoms with Crippen LogP contribution in [0.25, 0.3) is 0 Å². The molecule has 15 heteroatoms. The summed E-state index contributed by atoms with van der Waals surface area (Å²) in [5, 5.41) is 25.5. The molecule has 0 aliphatic rings. The highest BCUT2D eigenvalue weighted by molar-refractivity contribution is 5.85. The van der Waals surface area contributed by atoms with Crippen LogP contribution in [-0.4, -0.2) is 118 Å². The van der Waals surface area contributed by atoms with E-state index in [-0.39, 0.29) is 83.0 Å². The number of nitrogens with one attached hydrogen (secondary N) is 3. The molecule has 310 valence electrons. The minimum atomic E-state index is -1.22. The van der Waals surface area contributed by atoms with Crippen molar-refractivity contribution in [3.05, 3.63) is 0 Å². The van der Waals surface area contributed by atoms with E-state index in [1.54, 1.807) is 0 Å². The second-order valence-electron chi connectivity index (χ2n) is 12.6. The number of ether oxygens (including phenoxy) is 4. The van der Waals surface area contributed by atoms with Crippen LogP contribution in [0.15, 0.2) is 0 Å². The van der Waals surface area contributed by atoms with Crippen molar-refractivity contribution < 1.29 is 57.9 Å². The number of carbonyl (C=O) groups excluding carboxylic acids is 4. The summed E-state index contributed by atoms with van der Waals surface area (Å²) in [5.74, 6) is -2.95. The SMILES string of the molecule is CC.CC(=O)CC[C@H](NC(=O)COCCOCCNC(=O)COCCOCCNC(=O)CCCCCCCCCCCCCCCCC(=O)O)C(=O)O. The van der Waals surface area contributed by atoms with E-state index in [1.807, 2.05) is 13.8 Å². The van der Waals surface area contributed by atoms with Crippen LogP contribution in [0.4, 0.5) is 0 Å². The predicted octanol–water partition coefficient (Wildman–Crippen LogP) is 4.58. The van der Waals surface area contributed by atoms with E-state index in [9.17, 15) is 28.8 Å². The molecule has 0 saturated carbocycles. The highest BCUT2D eigenvalue weighted by Crippen LogP contribution is 2.13. The van der Waals surface area contributed by atoms with E-state index < -0.39 is 23.9 Å². The lowest BCUT2D eigenvalue weighted by molar-refractivity contribution is -0.143. The smallest absolute Gasteiger partial charge is 0.326 e. The predicted molar refractivity (Wildman–Crippen MR) is 202 cm³/mol. The molecule has 0 fully saturated rings. The number of carboxylic acid groups (broad SMARTS) is 2. The Kier molecular flexibility index (Phi) is 39.3. The summed E-state index contributed by atoms with van der Waals surface area (Å²) in [6.07, 6.45) is 16.9. The monoisotopic (exact) mass is 762 g/mol. The second-order valence-corrected chi connectivity index (χ2v) is 12.6. The Morgan fingerprint density at radius 2 is 0.887 bits per heavy atom. The van der Waals surface area contributed by atoms with Crippen LogP contribution >= 0.6 is 0 Å². The zero-order chi connectivity index (χ0) is 39.8. The van der Waals surface area contributed by atoms with E-state index in [0.717, 1.165) is 38.5 Å². The first-order valence-electron chi connectivity index (χ1n) is 19.7. The van der Waals surface area contributed by atoms with Crippen LogP contribution < -0.4 is 16.0 Å². The molecule has 0 heterocycles. The number of carbonyl (C=O) groups is 6. The number of aliphatic carboxylic acids is 2. The molecule has 0 rings (SSSR count). The van der Waals surface area contributed by atoms with Gasteiger partial charge in [-0.15, -0.1) is 0 Å². The number of ketones is 1. The van der Waals surface area contributed by atoms with Crippen molar-refractivity contribution in [3.8, 4) is 0 Å². The average molecular weight is 762 g/mol. The van der Waals surface area contributed by atoms with Crippen molar-refractivity contribution in [2.45, 2.75) is 142 Å². The maximum atomic E-state index is 12.0. The van der Waals surface area contributed by atoms with E-state index in [4.69, 9.17) is 29.2 Å². The van der Waals surface area contributed by atoms with Crippen LogP contribution in [0.5, 0.6) is 0 Å². The quantitative estimate of drug-likeness (QED) is 0.0547. The van der Waals surface area contributed by atoms with Gasteiger partial charge >= 0.3 is 11.9 Å². The summed E-state index contributed by atoms with van der Waals surface area (Å²) in [5.41, 5.74) is 0. The first-order valence-corrected chi connectivity index (χ1v) is 19.7. The molecule has 0 aromatic carbocycles. The van der Waals surface area contributed by atoms with Gasteiger partial charge in [-0.05, 0) is 26.2 Å². The highest BCUT2D eigenvalue weighted by Gasteiger charge is 2.20. The van der Waals surface area contributed by atoms with Gasteiger partial charge in [0.05, 0.1) is 39.6 Å². The molecule has 0 bridgehead atoms. The van der Waals surface area contributed by atoms with Gasteiger partial charge in [-0.3, -0.25) is 19.2 Å². The zero-order valence-corrected chi connectivity index (χ0v) is 32.9. The second kappa shape index (κ2) is 40.1. The molecule has 53 heavy (non-hydrogen) atoms. The summed E-state index contributed by atoms with van der Waals surface area (Å²) in [6, 6.07) is -1.15. The summed E-state index contributed by atoms with van der Waals surface area (Å²) >= 11 is 0. The van der Waals surface area contributed by atoms with Crippen LogP contribution in [-0.2, 0) is 47.7 Å². The Balaban J connectivity index is 0.